The van der Waals surface area contributed by atoms with Crippen molar-refractivity contribution in [2.75, 3.05) is 13.7 Å². The number of Topliss-reactive ketones (excluding diaryl/α,β-unsaturated/α-hetero) is 1. The van der Waals surface area contributed by atoms with Crippen molar-refractivity contribution in [1.82, 2.24) is 5.32 Å². The van der Waals surface area contributed by atoms with E-state index in [0.717, 1.165) is 11.1 Å². The van der Waals surface area contributed by atoms with Gasteiger partial charge in [-0.25, -0.2) is 0 Å². The van der Waals surface area contributed by atoms with Gasteiger partial charge in [0.25, 0.3) is 0 Å². The number of carbonyl (C=O) groups is 2. The van der Waals surface area contributed by atoms with Gasteiger partial charge in [-0.3, -0.25) is 9.59 Å². The van der Waals surface area contributed by atoms with Gasteiger partial charge in [0.2, 0.25) is 0 Å². The Balaban J connectivity index is 1.67. The highest BCUT2D eigenvalue weighted by Crippen LogP contribution is 2.34. The first kappa shape index (κ1) is 23.0. The minimum atomic E-state index is -0.851. The summed E-state index contributed by atoms with van der Waals surface area (Å²) in [6.45, 7) is 10.6. The normalized spacial score (nSPS) is 16.4. The lowest BCUT2D eigenvalue weighted by molar-refractivity contribution is -0.148. The standard InChI is InChI=1S/C26H33NO4/c1-25(2,3)20-12-11-18(14-22(20)30-6)23(28)26(4,5)16-31-24(29)21-13-17-9-7-8-10-19(17)15-27-21/h7-12,14,21,27H,13,15-16H2,1-6H3. The van der Waals surface area contributed by atoms with Crippen LogP contribution < -0.4 is 10.1 Å². The van der Waals surface area contributed by atoms with Crippen LogP contribution in [0.4, 0.5) is 0 Å². The number of esters is 1. The Bertz CT molecular complexity index is 972. The molecule has 1 aliphatic rings. The molecule has 0 spiro atoms. The first-order chi connectivity index (χ1) is 14.5. The Morgan fingerprint density at radius 2 is 1.71 bits per heavy atom. The van der Waals surface area contributed by atoms with Crippen LogP contribution in [0.3, 0.4) is 0 Å². The number of hydrogen-bond acceptors (Lipinski definition) is 5. The molecule has 5 heteroatoms. The van der Waals surface area contributed by atoms with Crippen LogP contribution in [0.15, 0.2) is 42.5 Å². The molecular weight excluding hydrogens is 390 g/mol. The van der Waals surface area contributed by atoms with E-state index in [1.165, 1.54) is 5.56 Å². The largest absolute Gasteiger partial charge is 0.496 e. The minimum absolute atomic E-state index is 0.0217. The highest BCUT2D eigenvalue weighted by atomic mass is 16.5. The molecule has 2 aromatic carbocycles. The highest BCUT2D eigenvalue weighted by molar-refractivity contribution is 6.00. The number of nitrogens with one attached hydrogen (secondary N) is 1. The lowest BCUT2D eigenvalue weighted by Gasteiger charge is -2.28. The van der Waals surface area contributed by atoms with Crippen LogP contribution in [0.2, 0.25) is 0 Å². The summed E-state index contributed by atoms with van der Waals surface area (Å²) in [6, 6.07) is 13.2. The molecule has 31 heavy (non-hydrogen) atoms. The van der Waals surface area contributed by atoms with Crippen molar-refractivity contribution in [2.45, 2.75) is 59.0 Å². The van der Waals surface area contributed by atoms with E-state index in [2.05, 4.69) is 32.2 Å². The van der Waals surface area contributed by atoms with E-state index < -0.39 is 11.5 Å². The van der Waals surface area contributed by atoms with Gasteiger partial charge in [0, 0.05) is 12.1 Å². The number of methoxy groups -OCH3 is 1. The van der Waals surface area contributed by atoms with Gasteiger partial charge >= 0.3 is 5.97 Å². The van der Waals surface area contributed by atoms with Crippen LogP contribution in [0, 0.1) is 5.41 Å². The van der Waals surface area contributed by atoms with Crippen LogP contribution in [-0.4, -0.2) is 31.5 Å². The van der Waals surface area contributed by atoms with Crippen LogP contribution in [0.5, 0.6) is 5.75 Å². The van der Waals surface area contributed by atoms with Gasteiger partial charge in [-0.05, 0) is 48.4 Å². The summed E-state index contributed by atoms with van der Waals surface area (Å²) in [6.07, 6.45) is 0.592. The molecule has 3 rings (SSSR count). The Morgan fingerprint density at radius 3 is 2.35 bits per heavy atom. The van der Waals surface area contributed by atoms with Gasteiger partial charge in [-0.1, -0.05) is 57.2 Å². The first-order valence-electron chi connectivity index (χ1n) is 10.7. The third-order valence-corrected chi connectivity index (χ3v) is 5.83. The van der Waals surface area contributed by atoms with E-state index in [-0.39, 0.29) is 23.8 Å². The number of fused-ring (bicyclic) bond motifs is 1. The summed E-state index contributed by atoms with van der Waals surface area (Å²) in [5.74, 6) is 0.285. The SMILES string of the molecule is COc1cc(C(=O)C(C)(C)COC(=O)C2Cc3ccccc3CN2)ccc1C(C)(C)C. The molecule has 0 aliphatic carbocycles. The van der Waals surface area contributed by atoms with Gasteiger partial charge in [0.05, 0.1) is 12.5 Å². The molecule has 5 nitrogen and oxygen atoms in total. The highest BCUT2D eigenvalue weighted by Gasteiger charge is 2.33. The predicted molar refractivity (Wildman–Crippen MR) is 122 cm³/mol. The van der Waals surface area contributed by atoms with E-state index in [9.17, 15) is 9.59 Å². The zero-order chi connectivity index (χ0) is 22.8. The van der Waals surface area contributed by atoms with Crippen molar-refractivity contribution in [3.05, 3.63) is 64.7 Å². The Labute approximate surface area is 185 Å². The molecule has 0 bridgehead atoms. The maximum atomic E-state index is 13.2. The van der Waals surface area contributed by atoms with Gasteiger partial charge < -0.3 is 14.8 Å². The second-order valence-electron chi connectivity index (χ2n) is 9.89. The molecule has 0 saturated heterocycles. The molecule has 0 aromatic heterocycles. The Kier molecular flexibility index (Phi) is 6.56. The maximum Gasteiger partial charge on any atom is 0.323 e. The van der Waals surface area contributed by atoms with Crippen molar-refractivity contribution in [3.8, 4) is 5.75 Å². The molecule has 1 N–H and O–H groups in total. The summed E-state index contributed by atoms with van der Waals surface area (Å²) < 4.78 is 11.1. The van der Waals surface area contributed by atoms with Crippen molar-refractivity contribution in [3.63, 3.8) is 0 Å². The van der Waals surface area contributed by atoms with Crippen LogP contribution in [0.25, 0.3) is 0 Å². The average molecular weight is 424 g/mol. The topological polar surface area (TPSA) is 64.6 Å². The molecule has 1 unspecified atom stereocenters. The van der Waals surface area contributed by atoms with E-state index in [0.29, 0.717) is 24.3 Å². The Morgan fingerprint density at radius 1 is 1.03 bits per heavy atom. The summed E-state index contributed by atoms with van der Waals surface area (Å²) in [7, 11) is 1.61. The van der Waals surface area contributed by atoms with Crippen molar-refractivity contribution in [2.24, 2.45) is 5.41 Å². The monoisotopic (exact) mass is 423 g/mol. The fourth-order valence-electron chi connectivity index (χ4n) is 3.88. The van der Waals surface area contributed by atoms with Gasteiger partial charge in [-0.2, -0.15) is 0 Å². The predicted octanol–water partition coefficient (Wildman–Crippen LogP) is 4.46. The number of hydrogen-bond donors (Lipinski definition) is 1. The number of benzene rings is 2. The zero-order valence-corrected chi connectivity index (χ0v) is 19.4. The third kappa shape index (κ3) is 5.16. The molecule has 0 fully saturated rings. The quantitative estimate of drug-likeness (QED) is 0.549. The number of carbonyl (C=O) groups excluding carboxylic acids is 2. The molecule has 1 heterocycles. The number of ether oxygens (including phenoxy) is 2. The summed E-state index contributed by atoms with van der Waals surface area (Å²) in [5.41, 5.74) is 3.01. The third-order valence-electron chi connectivity index (χ3n) is 5.83. The molecule has 1 atom stereocenters. The lowest BCUT2D eigenvalue weighted by Crippen LogP contribution is -2.44. The average Bonchev–Trinajstić information content (AvgIpc) is 2.75. The number of rotatable bonds is 6. The lowest BCUT2D eigenvalue weighted by atomic mass is 9.82. The zero-order valence-electron chi connectivity index (χ0n) is 19.4. The van der Waals surface area contributed by atoms with Crippen molar-refractivity contribution < 1.29 is 19.1 Å². The molecule has 0 radical (unpaired) electrons. The van der Waals surface area contributed by atoms with Gasteiger partial charge in [0.1, 0.15) is 18.4 Å². The Hall–Kier alpha value is -2.66. The summed E-state index contributed by atoms with van der Waals surface area (Å²) in [5, 5.41) is 3.23. The molecule has 166 valence electrons. The first-order valence-corrected chi connectivity index (χ1v) is 10.7. The molecule has 0 amide bonds. The molecule has 0 saturated carbocycles. The van der Waals surface area contributed by atoms with Gasteiger partial charge in [-0.15, -0.1) is 0 Å². The molecule has 1 aliphatic heterocycles. The maximum absolute atomic E-state index is 13.2. The van der Waals surface area contributed by atoms with E-state index >= 15 is 0 Å². The fraction of sp³-hybridized carbons (Fsp3) is 0.462. The summed E-state index contributed by atoms with van der Waals surface area (Å²) >= 11 is 0. The number of ketones is 1. The second-order valence-corrected chi connectivity index (χ2v) is 9.89. The van der Waals surface area contributed by atoms with E-state index in [4.69, 9.17) is 9.47 Å². The van der Waals surface area contributed by atoms with E-state index in [1.54, 1.807) is 27.0 Å². The summed E-state index contributed by atoms with van der Waals surface area (Å²) in [4.78, 5) is 25.8. The molecule has 2 aromatic rings. The van der Waals surface area contributed by atoms with Gasteiger partial charge in [0.15, 0.2) is 5.78 Å². The van der Waals surface area contributed by atoms with E-state index in [1.807, 2.05) is 30.3 Å². The van der Waals surface area contributed by atoms with Crippen molar-refractivity contribution >= 4 is 11.8 Å². The van der Waals surface area contributed by atoms with Crippen LogP contribution >= 0.6 is 0 Å². The van der Waals surface area contributed by atoms with Crippen molar-refractivity contribution in [1.29, 1.82) is 0 Å². The second kappa shape index (κ2) is 8.83. The van der Waals surface area contributed by atoms with Crippen LogP contribution in [0.1, 0.15) is 61.7 Å². The van der Waals surface area contributed by atoms with Crippen LogP contribution in [-0.2, 0) is 27.9 Å². The molecular formula is C26H33NO4. The minimum Gasteiger partial charge on any atom is -0.496 e. The smallest absolute Gasteiger partial charge is 0.323 e. The fourth-order valence-corrected chi connectivity index (χ4v) is 3.88.